The van der Waals surface area contributed by atoms with Crippen LogP contribution in [0.15, 0.2) is 33.2 Å². The molecular formula is C19H23N3O2S2. The summed E-state index contributed by atoms with van der Waals surface area (Å²) in [7, 11) is 0. The third-order valence-corrected chi connectivity index (χ3v) is 5.89. The number of oxazole rings is 1. The van der Waals surface area contributed by atoms with E-state index in [2.05, 4.69) is 22.2 Å². The molecule has 0 radical (unpaired) electrons. The number of thiazole rings is 1. The number of aromatic nitrogens is 2. The van der Waals surface area contributed by atoms with Crippen LogP contribution in [0.3, 0.4) is 0 Å². The van der Waals surface area contributed by atoms with Gasteiger partial charge in [-0.15, -0.1) is 11.3 Å². The second-order valence-electron chi connectivity index (χ2n) is 6.13. The normalized spacial score (nSPS) is 11.2. The maximum Gasteiger partial charge on any atom is 0.270 e. The van der Waals surface area contributed by atoms with Gasteiger partial charge in [0.25, 0.3) is 11.1 Å². The lowest BCUT2D eigenvalue weighted by atomic mass is 10.2. The van der Waals surface area contributed by atoms with Crippen molar-refractivity contribution in [1.29, 1.82) is 0 Å². The standard InChI is InChI=1S/C19H23N3O2S2/c1-3-4-5-6-10-20-18(23)14-11-25-16(21-14)12-26-19-22-17-13(2)8-7-9-15(17)24-19/h7-9,11H,3-6,10,12H2,1-2H3,(H,20,23). The van der Waals surface area contributed by atoms with E-state index < -0.39 is 0 Å². The van der Waals surface area contributed by atoms with Crippen molar-refractivity contribution in [2.24, 2.45) is 0 Å². The number of nitrogens with one attached hydrogen (secondary N) is 1. The van der Waals surface area contributed by atoms with E-state index in [4.69, 9.17) is 4.42 Å². The maximum atomic E-state index is 12.1. The number of carbonyl (C=O) groups excluding carboxylic acids is 1. The van der Waals surface area contributed by atoms with Crippen molar-refractivity contribution in [3.63, 3.8) is 0 Å². The molecule has 1 aromatic carbocycles. The topological polar surface area (TPSA) is 68.0 Å². The molecule has 0 unspecified atom stereocenters. The third kappa shape index (κ3) is 4.86. The Hall–Kier alpha value is -1.86. The Balaban J connectivity index is 1.51. The molecule has 1 amide bonds. The number of unbranched alkanes of at least 4 members (excludes halogenated alkanes) is 3. The number of hydrogen-bond donors (Lipinski definition) is 1. The number of para-hydroxylation sites is 1. The second kappa shape index (κ2) is 9.19. The van der Waals surface area contributed by atoms with E-state index in [1.54, 1.807) is 0 Å². The highest BCUT2D eigenvalue weighted by molar-refractivity contribution is 7.98. The first-order valence-electron chi connectivity index (χ1n) is 8.89. The molecule has 5 nitrogen and oxygen atoms in total. The van der Waals surface area contributed by atoms with Crippen LogP contribution in [0.4, 0.5) is 0 Å². The molecule has 1 N–H and O–H groups in total. The fraction of sp³-hybridized carbons (Fsp3) is 0.421. The Morgan fingerprint density at radius 2 is 2.15 bits per heavy atom. The molecular weight excluding hydrogens is 366 g/mol. The lowest BCUT2D eigenvalue weighted by Gasteiger charge is -2.02. The van der Waals surface area contributed by atoms with E-state index >= 15 is 0 Å². The Labute approximate surface area is 161 Å². The van der Waals surface area contributed by atoms with Gasteiger partial charge in [0, 0.05) is 11.9 Å². The molecule has 2 aromatic heterocycles. The molecule has 0 aliphatic carbocycles. The van der Waals surface area contributed by atoms with Crippen LogP contribution in [-0.2, 0) is 5.75 Å². The summed E-state index contributed by atoms with van der Waals surface area (Å²) in [6.07, 6.45) is 4.58. The van der Waals surface area contributed by atoms with Crippen molar-refractivity contribution in [2.75, 3.05) is 6.54 Å². The number of benzene rings is 1. The minimum absolute atomic E-state index is 0.0912. The first-order chi connectivity index (χ1) is 12.7. The largest absolute Gasteiger partial charge is 0.431 e. The predicted octanol–water partition coefficient (Wildman–Crippen LogP) is 5.20. The third-order valence-electron chi connectivity index (χ3n) is 4.02. The van der Waals surface area contributed by atoms with E-state index in [0.29, 0.717) is 23.2 Å². The molecule has 0 saturated heterocycles. The Morgan fingerprint density at radius 1 is 1.27 bits per heavy atom. The van der Waals surface area contributed by atoms with E-state index in [9.17, 15) is 4.79 Å². The number of aryl methyl sites for hydroxylation is 1. The summed E-state index contributed by atoms with van der Waals surface area (Å²) in [6.45, 7) is 4.91. The fourth-order valence-corrected chi connectivity index (χ4v) is 4.20. The average Bonchev–Trinajstić information content (AvgIpc) is 3.27. The van der Waals surface area contributed by atoms with Gasteiger partial charge in [0.15, 0.2) is 5.58 Å². The van der Waals surface area contributed by atoms with E-state index in [1.165, 1.54) is 35.9 Å². The van der Waals surface area contributed by atoms with Crippen LogP contribution in [0.25, 0.3) is 11.1 Å². The minimum atomic E-state index is -0.0912. The molecule has 0 fully saturated rings. The van der Waals surface area contributed by atoms with Gasteiger partial charge in [0.1, 0.15) is 16.2 Å². The number of thioether (sulfide) groups is 1. The summed E-state index contributed by atoms with van der Waals surface area (Å²) in [4.78, 5) is 21.1. The van der Waals surface area contributed by atoms with Gasteiger partial charge in [-0.3, -0.25) is 4.79 Å². The molecule has 26 heavy (non-hydrogen) atoms. The number of carbonyl (C=O) groups is 1. The number of fused-ring (bicyclic) bond motifs is 1. The number of nitrogens with zero attached hydrogens (tertiary/aromatic N) is 2. The quantitative estimate of drug-likeness (QED) is 0.403. The molecule has 0 bridgehead atoms. The van der Waals surface area contributed by atoms with Crippen molar-refractivity contribution < 1.29 is 9.21 Å². The van der Waals surface area contributed by atoms with Crippen LogP contribution >= 0.6 is 23.1 Å². The monoisotopic (exact) mass is 389 g/mol. The SMILES string of the molecule is CCCCCCNC(=O)c1csc(CSc2nc3c(C)cccc3o2)n1. The van der Waals surface area contributed by atoms with E-state index in [0.717, 1.165) is 34.5 Å². The van der Waals surface area contributed by atoms with Gasteiger partial charge in [-0.1, -0.05) is 50.1 Å². The van der Waals surface area contributed by atoms with Gasteiger partial charge in [0.2, 0.25) is 0 Å². The van der Waals surface area contributed by atoms with Gasteiger partial charge in [-0.2, -0.15) is 0 Å². The number of hydrogen-bond acceptors (Lipinski definition) is 6. The summed E-state index contributed by atoms with van der Waals surface area (Å²) < 4.78 is 5.76. The molecule has 0 spiro atoms. The predicted molar refractivity (Wildman–Crippen MR) is 107 cm³/mol. The molecule has 0 aliphatic heterocycles. The van der Waals surface area contributed by atoms with Crippen molar-refractivity contribution in [1.82, 2.24) is 15.3 Å². The van der Waals surface area contributed by atoms with Crippen LogP contribution in [0.2, 0.25) is 0 Å². The molecule has 0 atom stereocenters. The van der Waals surface area contributed by atoms with Crippen molar-refractivity contribution in [3.05, 3.63) is 39.8 Å². The van der Waals surface area contributed by atoms with Gasteiger partial charge in [-0.25, -0.2) is 9.97 Å². The van der Waals surface area contributed by atoms with E-state index in [1.807, 2.05) is 30.5 Å². The van der Waals surface area contributed by atoms with Crippen LogP contribution < -0.4 is 5.32 Å². The zero-order valence-electron chi connectivity index (χ0n) is 15.1. The molecule has 138 valence electrons. The highest BCUT2D eigenvalue weighted by atomic mass is 32.2. The molecule has 7 heteroatoms. The van der Waals surface area contributed by atoms with Crippen molar-refractivity contribution >= 4 is 40.1 Å². The van der Waals surface area contributed by atoms with Gasteiger partial charge >= 0.3 is 0 Å². The zero-order valence-corrected chi connectivity index (χ0v) is 16.7. The van der Waals surface area contributed by atoms with Crippen molar-refractivity contribution in [2.45, 2.75) is 50.5 Å². The Bertz CT molecular complexity index is 873. The summed E-state index contributed by atoms with van der Waals surface area (Å²) in [6, 6.07) is 5.91. The van der Waals surface area contributed by atoms with E-state index in [-0.39, 0.29) is 5.91 Å². The second-order valence-corrected chi connectivity index (χ2v) is 8.00. The number of rotatable bonds is 9. The average molecular weight is 390 g/mol. The molecule has 0 saturated carbocycles. The lowest BCUT2D eigenvalue weighted by Crippen LogP contribution is -2.24. The smallest absolute Gasteiger partial charge is 0.270 e. The maximum absolute atomic E-state index is 12.1. The Kier molecular flexibility index (Phi) is 6.68. The molecule has 2 heterocycles. The van der Waals surface area contributed by atoms with Crippen LogP contribution in [0.1, 0.15) is 53.7 Å². The Morgan fingerprint density at radius 3 is 2.96 bits per heavy atom. The summed E-state index contributed by atoms with van der Waals surface area (Å²) in [5, 5.41) is 6.27. The highest BCUT2D eigenvalue weighted by Gasteiger charge is 2.12. The van der Waals surface area contributed by atoms with Crippen molar-refractivity contribution in [3.8, 4) is 0 Å². The lowest BCUT2D eigenvalue weighted by molar-refractivity contribution is 0.0948. The molecule has 3 aromatic rings. The minimum Gasteiger partial charge on any atom is -0.431 e. The van der Waals surface area contributed by atoms with Gasteiger partial charge in [-0.05, 0) is 25.0 Å². The summed E-state index contributed by atoms with van der Waals surface area (Å²) in [5.74, 6) is 0.548. The van der Waals surface area contributed by atoms with Crippen LogP contribution in [-0.4, -0.2) is 22.4 Å². The van der Waals surface area contributed by atoms with Crippen LogP contribution in [0.5, 0.6) is 0 Å². The van der Waals surface area contributed by atoms with Gasteiger partial charge in [0.05, 0.1) is 5.75 Å². The van der Waals surface area contributed by atoms with Gasteiger partial charge < -0.3 is 9.73 Å². The summed E-state index contributed by atoms with van der Waals surface area (Å²) in [5.41, 5.74) is 3.30. The highest BCUT2D eigenvalue weighted by Crippen LogP contribution is 2.28. The van der Waals surface area contributed by atoms with Crippen LogP contribution in [0, 0.1) is 6.92 Å². The summed E-state index contributed by atoms with van der Waals surface area (Å²) >= 11 is 2.99. The first kappa shape index (κ1) is 18.9. The first-order valence-corrected chi connectivity index (χ1v) is 10.8. The molecule has 3 rings (SSSR count). The molecule has 0 aliphatic rings. The zero-order chi connectivity index (χ0) is 18.4. The fourth-order valence-electron chi connectivity index (χ4n) is 2.58. The number of amides is 1.